The van der Waals surface area contributed by atoms with Crippen molar-refractivity contribution < 1.29 is 4.79 Å². The molecule has 0 N–H and O–H groups in total. The summed E-state index contributed by atoms with van der Waals surface area (Å²) in [5, 5.41) is 1.36. The number of hydrogen-bond acceptors (Lipinski definition) is 2. The van der Waals surface area contributed by atoms with Crippen LogP contribution in [-0.2, 0) is 0 Å². The molecule has 0 fully saturated rings. The van der Waals surface area contributed by atoms with E-state index < -0.39 is 0 Å². The van der Waals surface area contributed by atoms with Crippen LogP contribution in [0.15, 0.2) is 53.3 Å². The second kappa shape index (κ2) is 4.79. The molecule has 0 bridgehead atoms. The quantitative estimate of drug-likeness (QED) is 0.626. The molecule has 94 valence electrons. The molecule has 0 aliphatic heterocycles. The molecular weight excluding hydrogens is 328 g/mol. The van der Waals surface area contributed by atoms with Crippen molar-refractivity contribution in [3.05, 3.63) is 63.9 Å². The van der Waals surface area contributed by atoms with Crippen LogP contribution in [0, 0.1) is 0 Å². The molecule has 5 heteroatoms. The van der Waals surface area contributed by atoms with Crippen molar-refractivity contribution in [3.63, 3.8) is 0 Å². The summed E-state index contributed by atoms with van der Waals surface area (Å²) in [5.41, 5.74) is 1.21. The first-order valence-corrected chi connectivity index (χ1v) is 6.77. The van der Waals surface area contributed by atoms with Crippen LogP contribution in [0.25, 0.3) is 11.0 Å². The van der Waals surface area contributed by atoms with Gasteiger partial charge in [-0.2, -0.15) is 0 Å². The Morgan fingerprint density at radius 3 is 2.68 bits per heavy atom. The topological polar surface area (TPSA) is 34.9 Å². The van der Waals surface area contributed by atoms with Crippen molar-refractivity contribution in [1.29, 1.82) is 0 Å². The number of carbonyl (C=O) groups is 1. The molecule has 0 unspecified atom stereocenters. The first kappa shape index (κ1) is 12.4. The van der Waals surface area contributed by atoms with Crippen molar-refractivity contribution in [1.82, 2.24) is 9.55 Å². The highest BCUT2D eigenvalue weighted by atomic mass is 79.9. The van der Waals surface area contributed by atoms with Crippen LogP contribution < -0.4 is 0 Å². The average Bonchev–Trinajstić information content (AvgIpc) is 2.82. The van der Waals surface area contributed by atoms with E-state index in [9.17, 15) is 4.79 Å². The minimum Gasteiger partial charge on any atom is -0.268 e. The highest BCUT2D eigenvalue weighted by Crippen LogP contribution is 2.26. The highest BCUT2D eigenvalue weighted by molar-refractivity contribution is 9.10. The Kier molecular flexibility index (Phi) is 3.12. The molecule has 3 nitrogen and oxygen atoms in total. The van der Waals surface area contributed by atoms with Gasteiger partial charge in [-0.15, -0.1) is 0 Å². The fourth-order valence-corrected chi connectivity index (χ4v) is 2.34. The zero-order chi connectivity index (χ0) is 13.4. The first-order chi connectivity index (χ1) is 9.16. The fourth-order valence-electron chi connectivity index (χ4n) is 1.90. The molecule has 0 saturated carbocycles. The molecule has 19 heavy (non-hydrogen) atoms. The lowest BCUT2D eigenvalue weighted by atomic mass is 10.2. The van der Waals surface area contributed by atoms with E-state index in [-0.39, 0.29) is 5.91 Å². The smallest absolute Gasteiger partial charge is 0.263 e. The van der Waals surface area contributed by atoms with E-state index >= 15 is 0 Å². The highest BCUT2D eigenvalue weighted by Gasteiger charge is 2.13. The van der Waals surface area contributed by atoms with E-state index in [2.05, 4.69) is 20.9 Å². The van der Waals surface area contributed by atoms with E-state index in [0.29, 0.717) is 20.8 Å². The minimum atomic E-state index is -0.114. The Bertz CT molecular complexity index is 768. The zero-order valence-electron chi connectivity index (χ0n) is 9.68. The summed E-state index contributed by atoms with van der Waals surface area (Å²) >= 11 is 9.26. The number of benzene rings is 1. The average molecular weight is 336 g/mol. The van der Waals surface area contributed by atoms with Crippen molar-refractivity contribution in [2.24, 2.45) is 0 Å². The minimum absolute atomic E-state index is 0.114. The SMILES string of the molecule is O=C(c1ccccc1)n1ccc2cc(Cl)c(Br)nc21. The number of hydrogen-bond donors (Lipinski definition) is 0. The van der Waals surface area contributed by atoms with Gasteiger partial charge >= 0.3 is 0 Å². The summed E-state index contributed by atoms with van der Waals surface area (Å²) in [6.07, 6.45) is 1.70. The van der Waals surface area contributed by atoms with E-state index in [1.807, 2.05) is 24.3 Å². The third-order valence-electron chi connectivity index (χ3n) is 2.81. The van der Waals surface area contributed by atoms with Crippen molar-refractivity contribution in [3.8, 4) is 0 Å². The van der Waals surface area contributed by atoms with Gasteiger partial charge in [-0.1, -0.05) is 29.8 Å². The number of halogens is 2. The van der Waals surface area contributed by atoms with E-state index in [0.717, 1.165) is 5.39 Å². The number of aromatic nitrogens is 2. The number of carbonyl (C=O) groups excluding carboxylic acids is 1. The maximum absolute atomic E-state index is 12.4. The maximum atomic E-state index is 12.4. The van der Waals surface area contributed by atoms with Gasteiger partial charge in [-0.3, -0.25) is 9.36 Å². The lowest BCUT2D eigenvalue weighted by Crippen LogP contribution is -2.11. The molecule has 0 radical (unpaired) electrons. The lowest BCUT2D eigenvalue weighted by Gasteiger charge is -2.04. The molecular formula is C14H8BrClN2O. The van der Waals surface area contributed by atoms with Crippen molar-refractivity contribution in [2.75, 3.05) is 0 Å². The van der Waals surface area contributed by atoms with Gasteiger partial charge in [0.2, 0.25) is 0 Å². The predicted molar refractivity (Wildman–Crippen MR) is 78.6 cm³/mol. The third-order valence-corrected chi connectivity index (χ3v) is 3.93. The molecule has 2 heterocycles. The second-order valence-corrected chi connectivity index (χ2v) is 5.19. The van der Waals surface area contributed by atoms with E-state index in [1.54, 1.807) is 24.4 Å². The van der Waals surface area contributed by atoms with Crippen LogP contribution >= 0.6 is 27.5 Å². The summed E-state index contributed by atoms with van der Waals surface area (Å²) in [4.78, 5) is 16.7. The predicted octanol–water partition coefficient (Wildman–Crippen LogP) is 4.14. The van der Waals surface area contributed by atoms with Crippen molar-refractivity contribution in [2.45, 2.75) is 0 Å². The summed E-state index contributed by atoms with van der Waals surface area (Å²) in [6.45, 7) is 0. The molecule has 2 aromatic heterocycles. The lowest BCUT2D eigenvalue weighted by molar-refractivity contribution is 0.0964. The van der Waals surface area contributed by atoms with Crippen LogP contribution in [0.3, 0.4) is 0 Å². The maximum Gasteiger partial charge on any atom is 0.263 e. The molecule has 0 saturated heterocycles. The van der Waals surface area contributed by atoms with Gasteiger partial charge in [0, 0.05) is 17.1 Å². The summed E-state index contributed by atoms with van der Waals surface area (Å²) < 4.78 is 2.05. The molecule has 0 atom stereocenters. The molecule has 0 amide bonds. The monoisotopic (exact) mass is 334 g/mol. The zero-order valence-corrected chi connectivity index (χ0v) is 12.0. The molecule has 3 rings (SSSR count). The van der Waals surface area contributed by atoms with Gasteiger partial charge in [-0.25, -0.2) is 4.98 Å². The van der Waals surface area contributed by atoms with Crippen LogP contribution in [0.5, 0.6) is 0 Å². The molecule has 1 aromatic carbocycles. The molecule has 0 spiro atoms. The van der Waals surface area contributed by atoms with Crippen LogP contribution in [-0.4, -0.2) is 15.5 Å². The van der Waals surface area contributed by atoms with Crippen molar-refractivity contribution >= 4 is 44.5 Å². The Balaban J connectivity index is 2.16. The first-order valence-electron chi connectivity index (χ1n) is 5.59. The fraction of sp³-hybridized carbons (Fsp3) is 0. The summed E-state index contributed by atoms with van der Waals surface area (Å²) in [7, 11) is 0. The van der Waals surface area contributed by atoms with Gasteiger partial charge < -0.3 is 0 Å². The number of pyridine rings is 1. The van der Waals surface area contributed by atoms with Gasteiger partial charge in [0.05, 0.1) is 5.02 Å². The number of nitrogens with zero attached hydrogens (tertiary/aromatic N) is 2. The Labute approximate surface area is 123 Å². The van der Waals surface area contributed by atoms with Gasteiger partial charge in [0.15, 0.2) is 0 Å². The molecule has 3 aromatic rings. The van der Waals surface area contributed by atoms with Crippen LogP contribution in [0.4, 0.5) is 0 Å². The Hall–Kier alpha value is -1.65. The Morgan fingerprint density at radius 2 is 1.95 bits per heavy atom. The number of rotatable bonds is 1. The standard InChI is InChI=1S/C14H8BrClN2O/c15-12-11(16)8-10-6-7-18(13(10)17-12)14(19)9-4-2-1-3-5-9/h1-8H. The van der Waals surface area contributed by atoms with E-state index in [1.165, 1.54) is 4.57 Å². The van der Waals surface area contributed by atoms with Crippen LogP contribution in [0.2, 0.25) is 5.02 Å². The van der Waals surface area contributed by atoms with Gasteiger partial charge in [0.1, 0.15) is 10.3 Å². The largest absolute Gasteiger partial charge is 0.268 e. The third kappa shape index (κ3) is 2.17. The Morgan fingerprint density at radius 1 is 1.21 bits per heavy atom. The summed E-state index contributed by atoms with van der Waals surface area (Å²) in [5.74, 6) is -0.114. The second-order valence-electron chi connectivity index (χ2n) is 4.03. The number of fused-ring (bicyclic) bond motifs is 1. The van der Waals surface area contributed by atoms with Gasteiger partial charge in [-0.05, 0) is 40.2 Å². The molecule has 0 aliphatic carbocycles. The normalized spacial score (nSPS) is 10.8. The summed E-state index contributed by atoms with van der Waals surface area (Å²) in [6, 6.07) is 12.7. The molecule has 0 aliphatic rings. The van der Waals surface area contributed by atoms with Gasteiger partial charge in [0.25, 0.3) is 5.91 Å². The van der Waals surface area contributed by atoms with Crippen LogP contribution in [0.1, 0.15) is 10.4 Å². The van der Waals surface area contributed by atoms with E-state index in [4.69, 9.17) is 11.6 Å².